The van der Waals surface area contributed by atoms with Crippen LogP contribution in [0.2, 0.25) is 0 Å². The average Bonchev–Trinajstić information content (AvgIpc) is 2.69. The molecule has 0 aliphatic carbocycles. The maximum Gasteiger partial charge on any atom is 0.416 e. The van der Waals surface area contributed by atoms with Gasteiger partial charge < -0.3 is 10.2 Å². The molecule has 2 aromatic rings. The molecule has 0 amide bonds. The number of oxazole rings is 1. The summed E-state index contributed by atoms with van der Waals surface area (Å²) in [6.07, 6.45) is -4.48. The summed E-state index contributed by atoms with van der Waals surface area (Å²) < 4.78 is 43.2. The lowest BCUT2D eigenvalue weighted by Gasteiger charge is -2.08. The van der Waals surface area contributed by atoms with Crippen molar-refractivity contribution in [3.8, 4) is 17.5 Å². The number of aromatic nitrogens is 1. The minimum absolute atomic E-state index is 0.0722. The smallest absolute Gasteiger partial charge is 0.416 e. The second-order valence-electron chi connectivity index (χ2n) is 3.54. The molecule has 0 aliphatic heterocycles. The van der Waals surface area contributed by atoms with Crippen LogP contribution >= 0.6 is 15.9 Å². The van der Waals surface area contributed by atoms with Crippen molar-refractivity contribution in [3.63, 3.8) is 0 Å². The van der Waals surface area contributed by atoms with Crippen molar-refractivity contribution in [2.24, 2.45) is 0 Å². The number of anilines is 1. The topological polar surface area (TPSA) is 75.8 Å². The third-order valence-corrected chi connectivity index (χ3v) is 2.97. The van der Waals surface area contributed by atoms with Crippen LogP contribution in [-0.4, -0.2) is 4.98 Å². The molecule has 2 rings (SSSR count). The maximum absolute atomic E-state index is 12.6. The first kappa shape index (κ1) is 13.4. The second-order valence-corrected chi connectivity index (χ2v) is 4.39. The van der Waals surface area contributed by atoms with Gasteiger partial charge in [0, 0.05) is 4.47 Å². The van der Waals surface area contributed by atoms with Crippen LogP contribution in [0.1, 0.15) is 11.3 Å². The molecule has 98 valence electrons. The molecule has 1 aromatic carbocycles. The number of nitriles is 1. The minimum Gasteiger partial charge on any atom is -0.419 e. The average molecular weight is 332 g/mol. The SMILES string of the molecule is N#Cc1nc(-c2cc(C(F)(F)F)ccc2Br)oc1N. The fraction of sp³-hybridized carbons (Fsp3) is 0.0909. The minimum atomic E-state index is -4.48. The fourth-order valence-corrected chi connectivity index (χ4v) is 1.81. The molecule has 0 fully saturated rings. The lowest BCUT2D eigenvalue weighted by atomic mass is 10.1. The summed E-state index contributed by atoms with van der Waals surface area (Å²) in [7, 11) is 0. The zero-order valence-electron chi connectivity index (χ0n) is 9.12. The van der Waals surface area contributed by atoms with E-state index in [-0.39, 0.29) is 23.0 Å². The van der Waals surface area contributed by atoms with E-state index in [0.717, 1.165) is 12.1 Å². The van der Waals surface area contributed by atoms with Crippen LogP contribution in [0, 0.1) is 11.3 Å². The van der Waals surface area contributed by atoms with E-state index in [4.69, 9.17) is 15.4 Å². The van der Waals surface area contributed by atoms with Crippen LogP contribution in [0.15, 0.2) is 27.1 Å². The molecule has 0 unspecified atom stereocenters. The van der Waals surface area contributed by atoms with Crippen molar-refractivity contribution in [2.75, 3.05) is 5.73 Å². The molecule has 19 heavy (non-hydrogen) atoms. The molecule has 1 heterocycles. The van der Waals surface area contributed by atoms with Gasteiger partial charge in [-0.25, -0.2) is 0 Å². The monoisotopic (exact) mass is 331 g/mol. The van der Waals surface area contributed by atoms with Gasteiger partial charge in [0.25, 0.3) is 0 Å². The number of nitrogens with zero attached hydrogens (tertiary/aromatic N) is 2. The van der Waals surface area contributed by atoms with E-state index in [9.17, 15) is 13.2 Å². The van der Waals surface area contributed by atoms with Crippen molar-refractivity contribution in [2.45, 2.75) is 6.18 Å². The molecule has 8 heteroatoms. The predicted molar refractivity (Wildman–Crippen MR) is 63.8 cm³/mol. The highest BCUT2D eigenvalue weighted by atomic mass is 79.9. The molecule has 0 radical (unpaired) electrons. The van der Waals surface area contributed by atoms with Gasteiger partial charge in [0.15, 0.2) is 0 Å². The van der Waals surface area contributed by atoms with Crippen molar-refractivity contribution < 1.29 is 17.6 Å². The molecule has 2 N–H and O–H groups in total. The van der Waals surface area contributed by atoms with Crippen LogP contribution in [0.5, 0.6) is 0 Å². The predicted octanol–water partition coefficient (Wildman–Crippen LogP) is 3.58. The summed E-state index contributed by atoms with van der Waals surface area (Å²) in [5.74, 6) is -0.381. The van der Waals surface area contributed by atoms with Crippen molar-refractivity contribution in [1.29, 1.82) is 5.26 Å². The number of nitrogens with two attached hydrogens (primary N) is 1. The first-order valence-electron chi connectivity index (χ1n) is 4.86. The summed E-state index contributed by atoms with van der Waals surface area (Å²) >= 11 is 3.10. The summed E-state index contributed by atoms with van der Waals surface area (Å²) in [5.41, 5.74) is 4.43. The first-order valence-corrected chi connectivity index (χ1v) is 5.65. The van der Waals surface area contributed by atoms with E-state index >= 15 is 0 Å². The Balaban J connectivity index is 2.58. The first-order chi connectivity index (χ1) is 8.82. The lowest BCUT2D eigenvalue weighted by molar-refractivity contribution is -0.137. The number of hydrogen-bond acceptors (Lipinski definition) is 4. The fourth-order valence-electron chi connectivity index (χ4n) is 1.39. The van der Waals surface area contributed by atoms with Crippen LogP contribution < -0.4 is 5.73 Å². The Bertz CT molecular complexity index is 673. The van der Waals surface area contributed by atoms with E-state index in [1.54, 1.807) is 6.07 Å². The normalized spacial score (nSPS) is 11.3. The van der Waals surface area contributed by atoms with Crippen molar-refractivity contribution in [1.82, 2.24) is 4.98 Å². The molecule has 4 nitrogen and oxygen atoms in total. The summed E-state index contributed by atoms with van der Waals surface area (Å²) in [6.45, 7) is 0. The third-order valence-electron chi connectivity index (χ3n) is 2.28. The van der Waals surface area contributed by atoms with Gasteiger partial charge in [-0.1, -0.05) is 0 Å². The number of alkyl halides is 3. The van der Waals surface area contributed by atoms with E-state index < -0.39 is 11.7 Å². The van der Waals surface area contributed by atoms with E-state index in [1.165, 1.54) is 6.07 Å². The number of benzene rings is 1. The van der Waals surface area contributed by atoms with E-state index in [2.05, 4.69) is 20.9 Å². The van der Waals surface area contributed by atoms with Crippen LogP contribution in [-0.2, 0) is 6.18 Å². The Labute approximate surface area is 113 Å². The van der Waals surface area contributed by atoms with Gasteiger partial charge >= 0.3 is 6.18 Å². The van der Waals surface area contributed by atoms with E-state index in [0.29, 0.717) is 4.47 Å². The Hall–Kier alpha value is -2.01. The number of rotatable bonds is 1. The molecular weight excluding hydrogens is 327 g/mol. The van der Waals surface area contributed by atoms with Gasteiger partial charge in [-0.15, -0.1) is 0 Å². The van der Waals surface area contributed by atoms with E-state index in [1.807, 2.05) is 0 Å². The molecule has 0 saturated heterocycles. The van der Waals surface area contributed by atoms with Gasteiger partial charge in [0.05, 0.1) is 11.1 Å². The Morgan fingerprint density at radius 3 is 2.58 bits per heavy atom. The number of halogens is 4. The maximum atomic E-state index is 12.6. The van der Waals surface area contributed by atoms with Crippen LogP contribution in [0.3, 0.4) is 0 Å². The second kappa shape index (κ2) is 4.59. The van der Waals surface area contributed by atoms with Gasteiger partial charge in [-0.05, 0) is 34.1 Å². The standard InChI is InChI=1S/C11H5BrF3N3O/c12-7-2-1-5(11(13,14)15)3-6(7)10-18-8(4-16)9(17)19-10/h1-3H,17H2. The van der Waals surface area contributed by atoms with Gasteiger partial charge in [-0.3, -0.25) is 0 Å². The van der Waals surface area contributed by atoms with Gasteiger partial charge in [0.1, 0.15) is 6.07 Å². The Kier molecular flexibility index (Phi) is 3.24. The molecule has 0 bridgehead atoms. The molecular formula is C11H5BrF3N3O. The summed E-state index contributed by atoms with van der Waals surface area (Å²) in [6, 6.07) is 4.70. The largest absolute Gasteiger partial charge is 0.419 e. The molecule has 0 aliphatic rings. The lowest BCUT2D eigenvalue weighted by Crippen LogP contribution is -2.04. The molecule has 0 atom stereocenters. The third kappa shape index (κ3) is 2.56. The van der Waals surface area contributed by atoms with Crippen molar-refractivity contribution >= 4 is 21.8 Å². The molecule has 0 saturated carbocycles. The highest BCUT2D eigenvalue weighted by Crippen LogP contribution is 2.36. The van der Waals surface area contributed by atoms with Gasteiger partial charge in [0.2, 0.25) is 17.5 Å². The highest BCUT2D eigenvalue weighted by Gasteiger charge is 2.31. The molecule has 0 spiro atoms. The van der Waals surface area contributed by atoms with Crippen LogP contribution in [0.25, 0.3) is 11.5 Å². The quantitative estimate of drug-likeness (QED) is 0.866. The Morgan fingerprint density at radius 2 is 2.05 bits per heavy atom. The highest BCUT2D eigenvalue weighted by molar-refractivity contribution is 9.10. The zero-order valence-corrected chi connectivity index (χ0v) is 10.7. The van der Waals surface area contributed by atoms with Gasteiger partial charge in [-0.2, -0.15) is 23.4 Å². The number of nitrogen functional groups attached to an aromatic ring is 1. The van der Waals surface area contributed by atoms with Crippen molar-refractivity contribution in [3.05, 3.63) is 33.9 Å². The van der Waals surface area contributed by atoms with Crippen LogP contribution in [0.4, 0.5) is 19.1 Å². The number of hydrogen-bond donors (Lipinski definition) is 1. The molecule has 1 aromatic heterocycles. The Morgan fingerprint density at radius 1 is 1.37 bits per heavy atom. The summed E-state index contributed by atoms with van der Waals surface area (Å²) in [5, 5.41) is 8.69. The zero-order chi connectivity index (χ0) is 14.2. The summed E-state index contributed by atoms with van der Waals surface area (Å²) in [4.78, 5) is 3.73.